The van der Waals surface area contributed by atoms with Crippen LogP contribution in [0.15, 0.2) is 6.07 Å². The van der Waals surface area contributed by atoms with Crippen molar-refractivity contribution >= 4 is 0 Å². The Morgan fingerprint density at radius 3 is 2.71 bits per heavy atom. The fourth-order valence-electron chi connectivity index (χ4n) is 2.10. The lowest BCUT2D eigenvalue weighted by atomic mass is 10.0. The van der Waals surface area contributed by atoms with Crippen LogP contribution in [-0.2, 0) is 5.54 Å². The molecule has 4 nitrogen and oxygen atoms in total. The summed E-state index contributed by atoms with van der Waals surface area (Å²) in [5.41, 5.74) is 6.30. The number of halogens is 1. The van der Waals surface area contributed by atoms with Crippen LogP contribution in [0.5, 0.6) is 17.2 Å². The molecule has 92 valence electrons. The van der Waals surface area contributed by atoms with Crippen molar-refractivity contribution < 1.29 is 18.6 Å². The van der Waals surface area contributed by atoms with E-state index in [4.69, 9.17) is 19.9 Å². The highest BCUT2D eigenvalue weighted by Crippen LogP contribution is 2.51. The summed E-state index contributed by atoms with van der Waals surface area (Å²) in [5, 5.41) is 0. The molecule has 3 rings (SSSR count). The van der Waals surface area contributed by atoms with E-state index >= 15 is 0 Å². The molecule has 0 saturated heterocycles. The van der Waals surface area contributed by atoms with Crippen LogP contribution in [0.1, 0.15) is 18.4 Å². The van der Waals surface area contributed by atoms with Crippen LogP contribution in [0.3, 0.4) is 0 Å². The standard InChI is InChI=1S/C12H14FNO3/c1-15-10-7(12(14)2-3-12)6-8-11(9(10)13)17-5-4-16-8/h6H,2-5,14H2,1H3. The van der Waals surface area contributed by atoms with Crippen LogP contribution in [0.2, 0.25) is 0 Å². The predicted octanol–water partition coefficient (Wildman–Crippen LogP) is 1.55. The largest absolute Gasteiger partial charge is 0.493 e. The Balaban J connectivity index is 2.18. The van der Waals surface area contributed by atoms with Gasteiger partial charge in [-0.3, -0.25) is 0 Å². The average Bonchev–Trinajstić information content (AvgIpc) is 3.08. The molecule has 0 radical (unpaired) electrons. The maximum Gasteiger partial charge on any atom is 0.211 e. The molecule has 1 saturated carbocycles. The molecule has 1 fully saturated rings. The number of nitrogens with two attached hydrogens (primary N) is 1. The van der Waals surface area contributed by atoms with E-state index in [1.54, 1.807) is 6.07 Å². The summed E-state index contributed by atoms with van der Waals surface area (Å²) in [6.07, 6.45) is 1.67. The van der Waals surface area contributed by atoms with Gasteiger partial charge in [0.2, 0.25) is 11.6 Å². The van der Waals surface area contributed by atoms with Crippen molar-refractivity contribution in [3.63, 3.8) is 0 Å². The van der Waals surface area contributed by atoms with Gasteiger partial charge in [0.15, 0.2) is 11.5 Å². The van der Waals surface area contributed by atoms with Gasteiger partial charge in [-0.1, -0.05) is 0 Å². The van der Waals surface area contributed by atoms with Crippen molar-refractivity contribution in [2.24, 2.45) is 5.73 Å². The summed E-state index contributed by atoms with van der Waals surface area (Å²) in [5.74, 6) is 0.202. The molecule has 1 aromatic rings. The molecule has 0 spiro atoms. The van der Waals surface area contributed by atoms with Crippen molar-refractivity contribution in [3.8, 4) is 17.2 Å². The molecule has 0 atom stereocenters. The molecule has 1 heterocycles. The number of hydrogen-bond donors (Lipinski definition) is 1. The lowest BCUT2D eigenvalue weighted by Crippen LogP contribution is -2.23. The first-order valence-electron chi connectivity index (χ1n) is 5.61. The van der Waals surface area contributed by atoms with E-state index < -0.39 is 11.4 Å². The first-order chi connectivity index (χ1) is 8.15. The van der Waals surface area contributed by atoms with Gasteiger partial charge < -0.3 is 19.9 Å². The Morgan fingerprint density at radius 1 is 1.35 bits per heavy atom. The summed E-state index contributed by atoms with van der Waals surface area (Å²) in [6.45, 7) is 0.774. The van der Waals surface area contributed by atoms with E-state index in [1.165, 1.54) is 7.11 Å². The molecule has 17 heavy (non-hydrogen) atoms. The molecular weight excluding hydrogens is 225 g/mol. The Bertz CT molecular complexity index is 471. The van der Waals surface area contributed by atoms with Crippen LogP contribution < -0.4 is 19.9 Å². The molecule has 0 aromatic heterocycles. The van der Waals surface area contributed by atoms with E-state index in [1.807, 2.05) is 0 Å². The lowest BCUT2D eigenvalue weighted by Gasteiger charge is -2.23. The zero-order chi connectivity index (χ0) is 12.0. The number of methoxy groups -OCH3 is 1. The van der Waals surface area contributed by atoms with Gasteiger partial charge in [-0.15, -0.1) is 0 Å². The van der Waals surface area contributed by atoms with Crippen molar-refractivity contribution in [3.05, 3.63) is 17.4 Å². The van der Waals surface area contributed by atoms with Crippen LogP contribution in [0.4, 0.5) is 4.39 Å². The van der Waals surface area contributed by atoms with Crippen LogP contribution in [0, 0.1) is 5.82 Å². The first-order valence-corrected chi connectivity index (χ1v) is 5.61. The molecule has 2 N–H and O–H groups in total. The zero-order valence-electron chi connectivity index (χ0n) is 9.59. The minimum atomic E-state index is -0.517. The number of ether oxygens (including phenoxy) is 3. The second-order valence-corrected chi connectivity index (χ2v) is 4.45. The quantitative estimate of drug-likeness (QED) is 0.850. The van der Waals surface area contributed by atoms with E-state index in [2.05, 4.69) is 0 Å². The van der Waals surface area contributed by atoms with Gasteiger partial charge in [-0.25, -0.2) is 0 Å². The van der Waals surface area contributed by atoms with Gasteiger partial charge >= 0.3 is 0 Å². The van der Waals surface area contributed by atoms with Gasteiger partial charge in [-0.05, 0) is 18.9 Å². The van der Waals surface area contributed by atoms with Gasteiger partial charge in [0.1, 0.15) is 13.2 Å². The van der Waals surface area contributed by atoms with Gasteiger partial charge in [0.05, 0.1) is 7.11 Å². The number of hydrogen-bond acceptors (Lipinski definition) is 4. The summed E-state index contributed by atoms with van der Waals surface area (Å²) >= 11 is 0. The zero-order valence-corrected chi connectivity index (χ0v) is 9.59. The summed E-state index contributed by atoms with van der Waals surface area (Å²) in [4.78, 5) is 0. The Morgan fingerprint density at radius 2 is 2.06 bits per heavy atom. The lowest BCUT2D eigenvalue weighted by molar-refractivity contribution is 0.162. The summed E-state index contributed by atoms with van der Waals surface area (Å²) < 4.78 is 30.0. The molecule has 0 unspecified atom stereocenters. The molecular formula is C12H14FNO3. The Hall–Kier alpha value is -1.49. The molecule has 1 aliphatic heterocycles. The second-order valence-electron chi connectivity index (χ2n) is 4.45. The fraction of sp³-hybridized carbons (Fsp3) is 0.500. The number of benzene rings is 1. The minimum absolute atomic E-state index is 0.126. The summed E-state index contributed by atoms with van der Waals surface area (Å²) in [6, 6.07) is 1.74. The van der Waals surface area contributed by atoms with E-state index in [-0.39, 0.29) is 11.5 Å². The van der Waals surface area contributed by atoms with Gasteiger partial charge in [-0.2, -0.15) is 4.39 Å². The van der Waals surface area contributed by atoms with E-state index in [9.17, 15) is 4.39 Å². The highest BCUT2D eigenvalue weighted by atomic mass is 19.1. The number of rotatable bonds is 2. The maximum absolute atomic E-state index is 14.2. The summed E-state index contributed by atoms with van der Waals surface area (Å²) in [7, 11) is 1.43. The van der Waals surface area contributed by atoms with Crippen molar-refractivity contribution in [1.82, 2.24) is 0 Å². The minimum Gasteiger partial charge on any atom is -0.493 e. The highest BCUT2D eigenvalue weighted by Gasteiger charge is 2.44. The molecule has 1 aliphatic carbocycles. The molecule has 1 aromatic carbocycles. The average molecular weight is 239 g/mol. The topological polar surface area (TPSA) is 53.7 Å². The smallest absolute Gasteiger partial charge is 0.211 e. The van der Waals surface area contributed by atoms with Crippen molar-refractivity contribution in [2.75, 3.05) is 20.3 Å². The molecule has 5 heteroatoms. The second kappa shape index (κ2) is 3.50. The first kappa shape index (κ1) is 10.7. The molecule has 0 bridgehead atoms. The normalized spacial score (nSPS) is 19.9. The van der Waals surface area contributed by atoms with Crippen molar-refractivity contribution in [2.45, 2.75) is 18.4 Å². The third-order valence-corrected chi connectivity index (χ3v) is 3.26. The van der Waals surface area contributed by atoms with Crippen LogP contribution >= 0.6 is 0 Å². The maximum atomic E-state index is 14.2. The van der Waals surface area contributed by atoms with Crippen LogP contribution in [-0.4, -0.2) is 20.3 Å². The monoisotopic (exact) mass is 239 g/mol. The molecule has 2 aliphatic rings. The highest BCUT2D eigenvalue weighted by molar-refractivity contribution is 5.56. The molecule has 0 amide bonds. The van der Waals surface area contributed by atoms with E-state index in [0.717, 1.165) is 12.8 Å². The Labute approximate surface area is 98.5 Å². The third kappa shape index (κ3) is 1.53. The van der Waals surface area contributed by atoms with Crippen molar-refractivity contribution in [1.29, 1.82) is 0 Å². The SMILES string of the molecule is COc1c(C2(N)CC2)cc2c(c1F)OCCO2. The van der Waals surface area contributed by atoms with Crippen LogP contribution in [0.25, 0.3) is 0 Å². The number of fused-ring (bicyclic) bond motifs is 1. The fourth-order valence-corrected chi connectivity index (χ4v) is 2.10. The van der Waals surface area contributed by atoms with Gasteiger partial charge in [0, 0.05) is 11.1 Å². The predicted molar refractivity (Wildman–Crippen MR) is 59.0 cm³/mol. The Kier molecular flexibility index (Phi) is 2.19. The van der Waals surface area contributed by atoms with Gasteiger partial charge in [0.25, 0.3) is 0 Å². The van der Waals surface area contributed by atoms with E-state index in [0.29, 0.717) is 24.5 Å². The third-order valence-electron chi connectivity index (χ3n) is 3.26.